The van der Waals surface area contributed by atoms with Crippen LogP contribution < -0.4 is 16.1 Å². The normalized spacial score (nSPS) is 25.8. The molecular formula is C30H50N6O3. The molecule has 2 fully saturated rings. The summed E-state index contributed by atoms with van der Waals surface area (Å²) in [5.41, 5.74) is 7.00. The van der Waals surface area contributed by atoms with Crippen LogP contribution >= 0.6 is 0 Å². The molecule has 3 aliphatic heterocycles. The van der Waals surface area contributed by atoms with E-state index in [0.717, 1.165) is 69.1 Å². The maximum absolute atomic E-state index is 12.6. The van der Waals surface area contributed by atoms with E-state index >= 15 is 0 Å². The average molecular weight is 543 g/mol. The Bertz CT molecular complexity index is 999. The lowest BCUT2D eigenvalue weighted by Crippen LogP contribution is -2.52. The molecule has 4 heterocycles. The first kappa shape index (κ1) is 29.6. The Hall–Kier alpha value is -2.39. The van der Waals surface area contributed by atoms with Crippen molar-refractivity contribution in [3.8, 4) is 0 Å². The van der Waals surface area contributed by atoms with Gasteiger partial charge in [-0.1, -0.05) is 53.0 Å². The van der Waals surface area contributed by atoms with Gasteiger partial charge < -0.3 is 25.5 Å². The van der Waals surface area contributed by atoms with Crippen LogP contribution in [0.25, 0.3) is 0 Å². The minimum atomic E-state index is -0.498. The summed E-state index contributed by atoms with van der Waals surface area (Å²) in [6.07, 6.45) is 12.9. The van der Waals surface area contributed by atoms with Crippen molar-refractivity contribution in [2.45, 2.75) is 117 Å². The number of carbonyl (C=O) groups is 1. The van der Waals surface area contributed by atoms with E-state index in [0.29, 0.717) is 24.8 Å². The third kappa shape index (κ3) is 7.84. The zero-order chi connectivity index (χ0) is 27.8. The molecule has 4 rings (SSSR count). The lowest BCUT2D eigenvalue weighted by molar-refractivity contribution is -0.143. The van der Waals surface area contributed by atoms with Crippen molar-refractivity contribution in [2.24, 2.45) is 16.8 Å². The molecule has 1 aromatic heterocycles. The van der Waals surface area contributed by atoms with Gasteiger partial charge in [-0.25, -0.2) is 14.7 Å². The van der Waals surface area contributed by atoms with Crippen LogP contribution in [0.15, 0.2) is 23.0 Å². The molecule has 5 unspecified atom stereocenters. The van der Waals surface area contributed by atoms with Gasteiger partial charge in [0.15, 0.2) is 0 Å². The summed E-state index contributed by atoms with van der Waals surface area (Å²) in [6.45, 7) is 13.0. The van der Waals surface area contributed by atoms with E-state index in [1.165, 1.54) is 18.5 Å². The van der Waals surface area contributed by atoms with E-state index in [9.17, 15) is 4.79 Å². The summed E-state index contributed by atoms with van der Waals surface area (Å²) in [7, 11) is 0. The summed E-state index contributed by atoms with van der Waals surface area (Å²) in [5.74, 6) is 1.68. The Morgan fingerprint density at radius 1 is 1.26 bits per heavy atom. The first-order valence-corrected chi connectivity index (χ1v) is 15.3. The molecule has 0 aromatic carbocycles. The number of morpholine rings is 1. The topological polar surface area (TPSA) is 102 Å². The number of aliphatic imine (C=N–C) groups is 1. The van der Waals surface area contributed by atoms with E-state index in [2.05, 4.69) is 56.0 Å². The van der Waals surface area contributed by atoms with Gasteiger partial charge in [-0.15, -0.1) is 0 Å². The van der Waals surface area contributed by atoms with Crippen molar-refractivity contribution < 1.29 is 14.3 Å². The Balaban J connectivity index is 1.59. The molecule has 9 heteroatoms. The molecule has 0 aliphatic carbocycles. The van der Waals surface area contributed by atoms with Gasteiger partial charge in [0.05, 0.1) is 30.1 Å². The Morgan fingerprint density at radius 2 is 2.05 bits per heavy atom. The quantitative estimate of drug-likeness (QED) is 0.319. The number of imidazole rings is 1. The molecule has 0 bridgehead atoms. The van der Waals surface area contributed by atoms with Gasteiger partial charge in [0.2, 0.25) is 11.9 Å². The fraction of sp³-hybridized carbons (Fsp3) is 0.767. The van der Waals surface area contributed by atoms with Gasteiger partial charge >= 0.3 is 0 Å². The van der Waals surface area contributed by atoms with Crippen LogP contribution in [0.3, 0.4) is 0 Å². The monoisotopic (exact) mass is 542 g/mol. The predicted octanol–water partition coefficient (Wildman–Crippen LogP) is 5.15. The molecule has 0 spiro atoms. The number of hydrogen-bond acceptors (Lipinski definition) is 7. The molecule has 1 amide bonds. The highest BCUT2D eigenvalue weighted by Gasteiger charge is 2.37. The maximum atomic E-state index is 12.6. The second kappa shape index (κ2) is 14.3. The highest BCUT2D eigenvalue weighted by atomic mass is 16.5. The van der Waals surface area contributed by atoms with Crippen LogP contribution in [0.4, 0.5) is 5.95 Å². The van der Waals surface area contributed by atoms with Crippen molar-refractivity contribution in [3.63, 3.8) is 0 Å². The summed E-state index contributed by atoms with van der Waals surface area (Å²) in [5, 5.41) is 6.79. The molecule has 3 N–H and O–H groups in total. The van der Waals surface area contributed by atoms with Crippen LogP contribution in [0.5, 0.6) is 0 Å². The van der Waals surface area contributed by atoms with E-state index in [-0.39, 0.29) is 24.1 Å². The zero-order valence-electron chi connectivity index (χ0n) is 24.7. The minimum Gasteiger partial charge on any atom is -0.381 e. The number of nitrogens with one attached hydrogen (secondary N) is 3. The summed E-state index contributed by atoms with van der Waals surface area (Å²) >= 11 is 0. The second-order valence-corrected chi connectivity index (χ2v) is 11.5. The first-order valence-electron chi connectivity index (χ1n) is 15.3. The van der Waals surface area contributed by atoms with Crippen molar-refractivity contribution in [2.75, 3.05) is 25.2 Å². The number of rotatable bonds is 13. The Kier molecular flexibility index (Phi) is 10.9. The molecule has 0 saturated carbocycles. The molecular weight excluding hydrogens is 492 g/mol. The number of amides is 1. The van der Waals surface area contributed by atoms with E-state index in [1.54, 1.807) is 0 Å². The molecule has 39 heavy (non-hydrogen) atoms. The van der Waals surface area contributed by atoms with Gasteiger partial charge in [-0.3, -0.25) is 4.79 Å². The average Bonchev–Trinajstić information content (AvgIpc) is 3.36. The molecule has 218 valence electrons. The van der Waals surface area contributed by atoms with E-state index in [1.807, 2.05) is 11.6 Å². The first-order chi connectivity index (χ1) is 18.9. The standard InChI is InChI=1S/C30H50N6O3/c1-6-10-23(8-3)32-24(12-9-11-20(4)7-2)26-19-36-30(33-26)34-28(22-13-15-38-16-14-22)25(35-36)17-27-29(37)31-18-21(5)39-27/h10,19-22,24-25,27,32,35H,6-9,11-18H2,1-5H3,(H,31,37)/b23-10-. The highest BCUT2D eigenvalue weighted by molar-refractivity contribution is 5.96. The molecule has 2 saturated heterocycles. The largest absolute Gasteiger partial charge is 0.381 e. The third-order valence-electron chi connectivity index (χ3n) is 8.36. The van der Waals surface area contributed by atoms with Crippen LogP contribution in [-0.2, 0) is 14.3 Å². The fourth-order valence-electron chi connectivity index (χ4n) is 5.77. The predicted molar refractivity (Wildman–Crippen MR) is 156 cm³/mol. The van der Waals surface area contributed by atoms with Gasteiger partial charge in [-0.2, -0.15) is 0 Å². The summed E-state index contributed by atoms with van der Waals surface area (Å²) in [6, 6.07) is 0.0203. The van der Waals surface area contributed by atoms with Crippen LogP contribution in [0.1, 0.15) is 104 Å². The molecule has 1 aromatic rings. The van der Waals surface area contributed by atoms with Crippen molar-refractivity contribution in [1.82, 2.24) is 20.3 Å². The SMILES string of the molecule is CC/C=C(/CC)NC(CCCC(C)CC)c1cn2c(n1)N=C(C1CCOCC1)C(CC1OC(C)CNC1=O)N2. The summed E-state index contributed by atoms with van der Waals surface area (Å²) < 4.78 is 13.7. The Morgan fingerprint density at radius 3 is 2.77 bits per heavy atom. The Labute approximate surface area is 234 Å². The molecule has 3 aliphatic rings. The number of allylic oxidation sites excluding steroid dienone is 2. The molecule has 9 nitrogen and oxygen atoms in total. The minimum absolute atomic E-state index is 0.00126. The number of carbonyl (C=O) groups excluding carboxylic acids is 1. The lowest BCUT2D eigenvalue weighted by Gasteiger charge is -2.36. The van der Waals surface area contributed by atoms with Gasteiger partial charge in [0, 0.05) is 43.5 Å². The zero-order valence-corrected chi connectivity index (χ0v) is 24.7. The van der Waals surface area contributed by atoms with E-state index < -0.39 is 6.10 Å². The fourth-order valence-corrected chi connectivity index (χ4v) is 5.77. The third-order valence-corrected chi connectivity index (χ3v) is 8.36. The van der Waals surface area contributed by atoms with Gasteiger partial charge in [0.25, 0.3) is 0 Å². The van der Waals surface area contributed by atoms with Crippen molar-refractivity contribution >= 4 is 17.6 Å². The van der Waals surface area contributed by atoms with E-state index in [4.69, 9.17) is 19.5 Å². The van der Waals surface area contributed by atoms with Crippen molar-refractivity contribution in [1.29, 1.82) is 0 Å². The number of ether oxygens (including phenoxy) is 2. The van der Waals surface area contributed by atoms with Crippen molar-refractivity contribution in [3.05, 3.63) is 23.7 Å². The van der Waals surface area contributed by atoms with Gasteiger partial charge in [-0.05, 0) is 44.9 Å². The maximum Gasteiger partial charge on any atom is 0.249 e. The highest BCUT2D eigenvalue weighted by Crippen LogP contribution is 2.31. The van der Waals surface area contributed by atoms with Crippen LogP contribution in [-0.4, -0.2) is 59.3 Å². The van der Waals surface area contributed by atoms with Crippen LogP contribution in [0, 0.1) is 11.8 Å². The number of aromatic nitrogens is 2. The summed E-state index contributed by atoms with van der Waals surface area (Å²) in [4.78, 5) is 22.8. The number of fused-ring (bicyclic) bond motifs is 1. The second-order valence-electron chi connectivity index (χ2n) is 11.5. The molecule has 0 radical (unpaired) electrons. The number of nitrogens with zero attached hydrogens (tertiary/aromatic N) is 3. The lowest BCUT2D eigenvalue weighted by atomic mass is 9.87. The smallest absolute Gasteiger partial charge is 0.249 e. The molecule has 5 atom stereocenters. The number of hydrogen-bond donors (Lipinski definition) is 3. The van der Waals surface area contributed by atoms with Crippen LogP contribution in [0.2, 0.25) is 0 Å². The van der Waals surface area contributed by atoms with Gasteiger partial charge in [0.1, 0.15) is 6.10 Å².